The Hall–Kier alpha value is -1.50. The first kappa shape index (κ1) is 13.6. The Kier molecular flexibility index (Phi) is 4.17. The van der Waals surface area contributed by atoms with Gasteiger partial charge in [0.25, 0.3) is 5.56 Å². The van der Waals surface area contributed by atoms with Crippen LogP contribution in [0.25, 0.3) is 0 Å². The summed E-state index contributed by atoms with van der Waals surface area (Å²) in [7, 11) is 2.96. The third-order valence-electron chi connectivity index (χ3n) is 2.45. The van der Waals surface area contributed by atoms with Crippen molar-refractivity contribution in [3.8, 4) is 0 Å². The van der Waals surface area contributed by atoms with Crippen LogP contribution in [0.4, 0.5) is 0 Å². The van der Waals surface area contributed by atoms with E-state index in [-0.39, 0.29) is 5.56 Å². The maximum absolute atomic E-state index is 11.6. The Labute approximate surface area is 102 Å². The molecule has 0 bridgehead atoms. The summed E-state index contributed by atoms with van der Waals surface area (Å²) in [5, 5.41) is 8.15. The summed E-state index contributed by atoms with van der Waals surface area (Å²) in [5.74, 6) is -0.598. The fraction of sp³-hybridized carbons (Fsp3) is 0.500. The summed E-state index contributed by atoms with van der Waals surface area (Å²) in [6.07, 6.45) is 0. The van der Waals surface area contributed by atoms with Gasteiger partial charge in [0.1, 0.15) is 0 Å². The summed E-state index contributed by atoms with van der Waals surface area (Å²) >= 11 is 1.17. The first-order valence-corrected chi connectivity index (χ1v) is 5.99. The predicted octanol–water partition coefficient (Wildman–Crippen LogP) is -0.210. The molecule has 0 radical (unpaired) electrons. The van der Waals surface area contributed by atoms with Gasteiger partial charge in [0.15, 0.2) is 0 Å². The van der Waals surface area contributed by atoms with Crippen LogP contribution >= 0.6 is 11.8 Å². The summed E-state index contributed by atoms with van der Waals surface area (Å²) < 4.78 is 2.36. The van der Waals surface area contributed by atoms with Gasteiger partial charge >= 0.3 is 11.7 Å². The Morgan fingerprint density at radius 2 is 2.00 bits per heavy atom. The number of nitrogens with zero attached hydrogens (tertiary/aromatic N) is 2. The van der Waals surface area contributed by atoms with Gasteiger partial charge in [-0.1, -0.05) is 0 Å². The zero-order valence-corrected chi connectivity index (χ0v) is 10.7. The quantitative estimate of drug-likeness (QED) is 0.808. The molecule has 6 nitrogen and oxygen atoms in total. The summed E-state index contributed by atoms with van der Waals surface area (Å²) in [6.45, 7) is 1.56. The second-order valence-electron chi connectivity index (χ2n) is 3.67. The minimum atomic E-state index is -0.913. The minimum Gasteiger partial charge on any atom is -0.480 e. The number of carboxylic acids is 1. The molecule has 7 heteroatoms. The Morgan fingerprint density at radius 3 is 2.53 bits per heavy atom. The molecule has 1 rings (SSSR count). The predicted molar refractivity (Wildman–Crippen MR) is 65.3 cm³/mol. The number of carbonyl (C=O) groups is 1. The van der Waals surface area contributed by atoms with Gasteiger partial charge in [-0.15, -0.1) is 11.8 Å². The second-order valence-corrected chi connectivity index (χ2v) is 5.00. The molecule has 0 aliphatic carbocycles. The van der Waals surface area contributed by atoms with Crippen LogP contribution in [0.5, 0.6) is 0 Å². The standard InChI is InChI=1S/C10H14N2O4S/c1-6(9(14)15)17-5-7-4-8(13)12(3)10(16)11(7)2/h4,6H,5H2,1-3H3,(H,14,15). The van der Waals surface area contributed by atoms with Gasteiger partial charge in [0.2, 0.25) is 0 Å². The first-order chi connectivity index (χ1) is 7.84. The Morgan fingerprint density at radius 1 is 1.41 bits per heavy atom. The third-order valence-corrected chi connectivity index (χ3v) is 3.62. The van der Waals surface area contributed by atoms with E-state index in [1.165, 1.54) is 29.4 Å². The minimum absolute atomic E-state index is 0.315. The fourth-order valence-corrected chi connectivity index (χ4v) is 2.04. The summed E-state index contributed by atoms with van der Waals surface area (Å²) in [5.41, 5.74) is -0.265. The van der Waals surface area contributed by atoms with Crippen LogP contribution in [0.15, 0.2) is 15.7 Å². The number of hydrogen-bond donors (Lipinski definition) is 1. The van der Waals surface area contributed by atoms with Crippen molar-refractivity contribution in [2.75, 3.05) is 0 Å². The lowest BCUT2D eigenvalue weighted by Crippen LogP contribution is -2.37. The molecule has 1 atom stereocenters. The smallest absolute Gasteiger partial charge is 0.330 e. The van der Waals surface area contributed by atoms with E-state index < -0.39 is 16.9 Å². The monoisotopic (exact) mass is 258 g/mol. The van der Waals surface area contributed by atoms with E-state index in [9.17, 15) is 14.4 Å². The summed E-state index contributed by atoms with van der Waals surface area (Å²) in [4.78, 5) is 33.6. The van der Waals surface area contributed by atoms with Gasteiger partial charge in [-0.2, -0.15) is 0 Å². The molecule has 0 aliphatic heterocycles. The van der Waals surface area contributed by atoms with E-state index in [0.717, 1.165) is 4.57 Å². The van der Waals surface area contributed by atoms with Crippen molar-refractivity contribution in [2.24, 2.45) is 14.1 Å². The highest BCUT2D eigenvalue weighted by Crippen LogP contribution is 2.15. The summed E-state index contributed by atoms with van der Waals surface area (Å²) in [6, 6.07) is 1.35. The average Bonchev–Trinajstić information content (AvgIpc) is 2.28. The first-order valence-electron chi connectivity index (χ1n) is 4.95. The zero-order chi connectivity index (χ0) is 13.2. The highest BCUT2D eigenvalue weighted by Gasteiger charge is 2.13. The Bertz CT molecular complexity index is 546. The van der Waals surface area contributed by atoms with Gasteiger partial charge in [-0.25, -0.2) is 4.79 Å². The number of rotatable bonds is 4. The SMILES string of the molecule is CC(SCc1cc(=O)n(C)c(=O)n1C)C(=O)O. The van der Waals surface area contributed by atoms with E-state index in [2.05, 4.69) is 0 Å². The lowest BCUT2D eigenvalue weighted by molar-refractivity contribution is -0.136. The van der Waals surface area contributed by atoms with E-state index in [0.29, 0.717) is 11.4 Å². The molecule has 0 saturated carbocycles. The largest absolute Gasteiger partial charge is 0.480 e. The van der Waals surface area contributed by atoms with E-state index in [1.807, 2.05) is 0 Å². The van der Waals surface area contributed by atoms with Crippen molar-refractivity contribution in [3.05, 3.63) is 32.6 Å². The topological polar surface area (TPSA) is 81.3 Å². The number of thioether (sulfide) groups is 1. The lowest BCUT2D eigenvalue weighted by Gasteiger charge is -2.10. The van der Waals surface area contributed by atoms with Crippen molar-refractivity contribution in [3.63, 3.8) is 0 Å². The second kappa shape index (κ2) is 5.22. The third kappa shape index (κ3) is 3.00. The van der Waals surface area contributed by atoms with Crippen LogP contribution in [0.2, 0.25) is 0 Å². The zero-order valence-electron chi connectivity index (χ0n) is 9.84. The molecule has 0 aromatic carbocycles. The highest BCUT2D eigenvalue weighted by molar-refractivity contribution is 7.99. The molecule has 1 aromatic heterocycles. The van der Waals surface area contributed by atoms with Crippen molar-refractivity contribution < 1.29 is 9.90 Å². The molecule has 0 saturated heterocycles. The van der Waals surface area contributed by atoms with E-state index in [4.69, 9.17) is 5.11 Å². The maximum Gasteiger partial charge on any atom is 0.330 e. The van der Waals surface area contributed by atoms with Crippen LogP contribution < -0.4 is 11.2 Å². The number of aliphatic carboxylic acids is 1. The van der Waals surface area contributed by atoms with Crippen molar-refractivity contribution in [1.29, 1.82) is 0 Å². The van der Waals surface area contributed by atoms with Crippen LogP contribution in [-0.2, 0) is 24.6 Å². The van der Waals surface area contributed by atoms with E-state index in [1.54, 1.807) is 14.0 Å². The van der Waals surface area contributed by atoms with Gasteiger partial charge in [0, 0.05) is 31.6 Å². The molecule has 94 valence electrons. The molecule has 1 N–H and O–H groups in total. The molecule has 0 amide bonds. The van der Waals surface area contributed by atoms with Crippen LogP contribution in [-0.4, -0.2) is 25.5 Å². The Balaban J connectivity index is 2.98. The normalized spacial score (nSPS) is 12.4. The van der Waals surface area contributed by atoms with Crippen molar-refractivity contribution >= 4 is 17.7 Å². The van der Waals surface area contributed by atoms with E-state index >= 15 is 0 Å². The van der Waals surface area contributed by atoms with Crippen LogP contribution in [0.1, 0.15) is 12.6 Å². The molecular weight excluding hydrogens is 244 g/mol. The number of aromatic nitrogens is 2. The molecule has 1 unspecified atom stereocenters. The molecular formula is C10H14N2O4S. The van der Waals surface area contributed by atoms with Gasteiger partial charge in [-0.05, 0) is 6.92 Å². The average molecular weight is 258 g/mol. The van der Waals surface area contributed by atoms with Crippen molar-refractivity contribution in [2.45, 2.75) is 17.9 Å². The van der Waals surface area contributed by atoms with Crippen molar-refractivity contribution in [1.82, 2.24) is 9.13 Å². The molecule has 17 heavy (non-hydrogen) atoms. The fourth-order valence-electron chi connectivity index (χ4n) is 1.20. The van der Waals surface area contributed by atoms with Gasteiger partial charge < -0.3 is 5.11 Å². The molecule has 0 spiro atoms. The molecule has 1 aromatic rings. The van der Waals surface area contributed by atoms with Crippen LogP contribution in [0, 0.1) is 0 Å². The van der Waals surface area contributed by atoms with Gasteiger partial charge in [-0.3, -0.25) is 18.7 Å². The molecule has 0 aliphatic rings. The highest BCUT2D eigenvalue weighted by atomic mass is 32.2. The lowest BCUT2D eigenvalue weighted by atomic mass is 10.4. The van der Waals surface area contributed by atoms with Gasteiger partial charge in [0.05, 0.1) is 5.25 Å². The number of hydrogen-bond acceptors (Lipinski definition) is 4. The molecule has 1 heterocycles. The molecule has 0 fully saturated rings. The number of carboxylic acid groups (broad SMARTS) is 1. The van der Waals surface area contributed by atoms with Crippen LogP contribution in [0.3, 0.4) is 0 Å². The maximum atomic E-state index is 11.6.